The second-order valence-electron chi connectivity index (χ2n) is 4.18. The van der Waals surface area contributed by atoms with E-state index in [0.29, 0.717) is 18.7 Å². The van der Waals surface area contributed by atoms with Gasteiger partial charge in [-0.05, 0) is 24.3 Å². The zero-order valence-electron chi connectivity index (χ0n) is 9.10. The minimum absolute atomic E-state index is 0.0388. The Hall–Kier alpha value is -1.91. The lowest BCUT2D eigenvalue weighted by Gasteiger charge is -2.38. The summed E-state index contributed by atoms with van der Waals surface area (Å²) < 4.78 is 12.7. The van der Waals surface area contributed by atoms with Crippen LogP contribution in [-0.2, 0) is 4.79 Å². The molecule has 0 radical (unpaired) electrons. The van der Waals surface area contributed by atoms with Crippen molar-refractivity contribution in [3.05, 3.63) is 35.6 Å². The summed E-state index contributed by atoms with van der Waals surface area (Å²) >= 11 is 0. The van der Waals surface area contributed by atoms with Gasteiger partial charge in [-0.1, -0.05) is 0 Å². The highest BCUT2D eigenvalue weighted by molar-refractivity contribution is 5.94. The van der Waals surface area contributed by atoms with Crippen LogP contribution >= 0.6 is 0 Å². The number of carbonyl (C=O) groups is 2. The molecule has 2 rings (SSSR count). The van der Waals surface area contributed by atoms with Crippen molar-refractivity contribution < 1.29 is 19.1 Å². The van der Waals surface area contributed by atoms with Crippen molar-refractivity contribution in [2.45, 2.75) is 6.42 Å². The lowest BCUT2D eigenvalue weighted by Crippen LogP contribution is -2.50. The van der Waals surface area contributed by atoms with Crippen molar-refractivity contribution in [3.63, 3.8) is 0 Å². The van der Waals surface area contributed by atoms with E-state index in [9.17, 15) is 14.0 Å². The molecule has 1 amide bonds. The predicted octanol–water partition coefficient (Wildman–Crippen LogP) is 1.37. The Morgan fingerprint density at radius 1 is 1.29 bits per heavy atom. The first-order valence-electron chi connectivity index (χ1n) is 5.33. The molecule has 0 bridgehead atoms. The van der Waals surface area contributed by atoms with Crippen LogP contribution in [0, 0.1) is 11.7 Å². The standard InChI is InChI=1S/C12H12FNO3/c13-10-3-1-9(2-4-10)12(17)14-6-8(7-14)5-11(15)16/h1-4,8H,5-7H2,(H,15,16). The number of aliphatic carboxylic acids is 1. The van der Waals surface area contributed by atoms with Crippen molar-refractivity contribution >= 4 is 11.9 Å². The molecule has 1 aromatic rings. The molecule has 1 heterocycles. The molecular formula is C12H12FNO3. The number of carboxylic acids is 1. The van der Waals surface area contributed by atoms with E-state index in [2.05, 4.69) is 0 Å². The highest BCUT2D eigenvalue weighted by Gasteiger charge is 2.32. The summed E-state index contributed by atoms with van der Waals surface area (Å²) in [5.41, 5.74) is 0.431. The van der Waals surface area contributed by atoms with Crippen molar-refractivity contribution in [2.24, 2.45) is 5.92 Å². The number of hydrogen-bond donors (Lipinski definition) is 1. The van der Waals surface area contributed by atoms with Crippen molar-refractivity contribution in [1.29, 1.82) is 0 Å². The summed E-state index contributed by atoms with van der Waals surface area (Å²) in [5, 5.41) is 8.58. The quantitative estimate of drug-likeness (QED) is 0.863. The third-order valence-electron chi connectivity index (χ3n) is 2.80. The van der Waals surface area contributed by atoms with Gasteiger partial charge in [0.05, 0.1) is 6.42 Å². The molecule has 0 aliphatic carbocycles. The molecule has 1 aromatic carbocycles. The monoisotopic (exact) mass is 237 g/mol. The molecule has 90 valence electrons. The zero-order chi connectivity index (χ0) is 12.4. The molecular weight excluding hydrogens is 225 g/mol. The molecule has 1 saturated heterocycles. The van der Waals surface area contributed by atoms with Crippen LogP contribution in [0.4, 0.5) is 4.39 Å². The summed E-state index contributed by atoms with van der Waals surface area (Å²) in [6.07, 6.45) is 0.0905. The maximum atomic E-state index is 12.7. The Morgan fingerprint density at radius 3 is 2.41 bits per heavy atom. The third-order valence-corrected chi connectivity index (χ3v) is 2.80. The molecule has 4 nitrogen and oxygen atoms in total. The number of carbonyl (C=O) groups excluding carboxylic acids is 1. The average Bonchev–Trinajstić information content (AvgIpc) is 2.23. The van der Waals surface area contributed by atoms with E-state index in [0.717, 1.165) is 0 Å². The lowest BCUT2D eigenvalue weighted by molar-refractivity contribution is -0.139. The summed E-state index contributed by atoms with van der Waals surface area (Å²) in [6.45, 7) is 0.922. The minimum Gasteiger partial charge on any atom is -0.481 e. The van der Waals surface area contributed by atoms with E-state index in [-0.39, 0.29) is 24.1 Å². The normalized spacial score (nSPS) is 15.5. The Kier molecular flexibility index (Phi) is 3.08. The second kappa shape index (κ2) is 4.53. The Balaban J connectivity index is 1.91. The molecule has 1 N–H and O–H groups in total. The van der Waals surface area contributed by atoms with Gasteiger partial charge in [0.25, 0.3) is 5.91 Å². The maximum Gasteiger partial charge on any atom is 0.303 e. The number of halogens is 1. The van der Waals surface area contributed by atoms with Gasteiger partial charge in [0.2, 0.25) is 0 Å². The van der Waals surface area contributed by atoms with Gasteiger partial charge >= 0.3 is 5.97 Å². The second-order valence-corrected chi connectivity index (χ2v) is 4.18. The number of carboxylic acid groups (broad SMARTS) is 1. The van der Waals surface area contributed by atoms with Gasteiger partial charge in [-0.2, -0.15) is 0 Å². The first-order valence-corrected chi connectivity index (χ1v) is 5.33. The van der Waals surface area contributed by atoms with E-state index < -0.39 is 5.97 Å². The predicted molar refractivity (Wildman–Crippen MR) is 58.0 cm³/mol. The molecule has 5 heteroatoms. The van der Waals surface area contributed by atoms with E-state index in [1.807, 2.05) is 0 Å². The van der Waals surface area contributed by atoms with Crippen LogP contribution < -0.4 is 0 Å². The number of rotatable bonds is 3. The molecule has 17 heavy (non-hydrogen) atoms. The van der Waals surface area contributed by atoms with Crippen LogP contribution in [0.3, 0.4) is 0 Å². The summed E-state index contributed by atoms with van der Waals surface area (Å²) in [5.74, 6) is -1.36. The van der Waals surface area contributed by atoms with Crippen LogP contribution in [0.25, 0.3) is 0 Å². The molecule has 0 saturated carbocycles. The van der Waals surface area contributed by atoms with E-state index >= 15 is 0 Å². The van der Waals surface area contributed by atoms with Crippen molar-refractivity contribution in [1.82, 2.24) is 4.90 Å². The highest BCUT2D eigenvalue weighted by Crippen LogP contribution is 2.21. The molecule has 0 aromatic heterocycles. The molecule has 0 unspecified atom stereocenters. The Bertz CT molecular complexity index is 438. The van der Waals surface area contributed by atoms with Gasteiger partial charge in [0.1, 0.15) is 5.82 Å². The molecule has 1 aliphatic rings. The van der Waals surface area contributed by atoms with Crippen LogP contribution in [0.5, 0.6) is 0 Å². The van der Waals surface area contributed by atoms with Gasteiger partial charge in [-0.15, -0.1) is 0 Å². The van der Waals surface area contributed by atoms with Gasteiger partial charge < -0.3 is 10.0 Å². The van der Waals surface area contributed by atoms with Crippen LogP contribution in [-0.4, -0.2) is 35.0 Å². The summed E-state index contributed by atoms with van der Waals surface area (Å²) in [4.78, 5) is 23.8. The number of benzene rings is 1. The van der Waals surface area contributed by atoms with Gasteiger partial charge in [-0.3, -0.25) is 9.59 Å². The van der Waals surface area contributed by atoms with E-state index in [1.165, 1.54) is 24.3 Å². The zero-order valence-corrected chi connectivity index (χ0v) is 9.10. The van der Waals surface area contributed by atoms with Crippen LogP contribution in [0.1, 0.15) is 16.8 Å². The number of nitrogens with zero attached hydrogens (tertiary/aromatic N) is 1. The smallest absolute Gasteiger partial charge is 0.303 e. The van der Waals surface area contributed by atoms with Gasteiger partial charge in [0, 0.05) is 24.6 Å². The van der Waals surface area contributed by atoms with E-state index in [4.69, 9.17) is 5.11 Å². The molecule has 1 fully saturated rings. The third kappa shape index (κ3) is 2.61. The maximum absolute atomic E-state index is 12.7. The molecule has 1 aliphatic heterocycles. The largest absolute Gasteiger partial charge is 0.481 e. The fourth-order valence-electron chi connectivity index (χ4n) is 1.89. The number of amides is 1. The number of likely N-dealkylation sites (tertiary alicyclic amines) is 1. The van der Waals surface area contributed by atoms with Crippen molar-refractivity contribution in [3.8, 4) is 0 Å². The average molecular weight is 237 g/mol. The van der Waals surface area contributed by atoms with Crippen LogP contribution in [0.2, 0.25) is 0 Å². The fourth-order valence-corrected chi connectivity index (χ4v) is 1.89. The lowest BCUT2D eigenvalue weighted by atomic mass is 9.95. The van der Waals surface area contributed by atoms with Crippen molar-refractivity contribution in [2.75, 3.05) is 13.1 Å². The Labute approximate surface area is 97.7 Å². The van der Waals surface area contributed by atoms with Gasteiger partial charge in [0.15, 0.2) is 0 Å². The summed E-state index contributed by atoms with van der Waals surface area (Å²) in [7, 11) is 0. The Morgan fingerprint density at radius 2 is 1.88 bits per heavy atom. The van der Waals surface area contributed by atoms with E-state index in [1.54, 1.807) is 4.90 Å². The first kappa shape index (κ1) is 11.6. The topological polar surface area (TPSA) is 57.6 Å². The summed E-state index contributed by atoms with van der Waals surface area (Å²) in [6, 6.07) is 5.34. The first-order chi connectivity index (χ1) is 8.06. The van der Waals surface area contributed by atoms with Gasteiger partial charge in [-0.25, -0.2) is 4.39 Å². The molecule has 0 spiro atoms. The SMILES string of the molecule is O=C(O)CC1CN(C(=O)c2ccc(F)cc2)C1. The fraction of sp³-hybridized carbons (Fsp3) is 0.333. The number of hydrogen-bond acceptors (Lipinski definition) is 2. The highest BCUT2D eigenvalue weighted by atomic mass is 19.1. The molecule has 0 atom stereocenters. The van der Waals surface area contributed by atoms with Crippen LogP contribution in [0.15, 0.2) is 24.3 Å². The minimum atomic E-state index is -0.844.